The van der Waals surface area contributed by atoms with Crippen LogP contribution in [-0.2, 0) is 0 Å². The number of carbonyl (C=O) groups is 1. The van der Waals surface area contributed by atoms with Gasteiger partial charge in [-0.1, -0.05) is 59.1 Å². The third-order valence-corrected chi connectivity index (χ3v) is 5.47. The molecule has 32 heavy (non-hydrogen) atoms. The molecule has 1 aliphatic heterocycles. The zero-order valence-electron chi connectivity index (χ0n) is 16.8. The fourth-order valence-electron chi connectivity index (χ4n) is 3.16. The van der Waals surface area contributed by atoms with E-state index in [0.29, 0.717) is 22.2 Å². The molecule has 0 saturated carbocycles. The number of aromatic nitrogens is 2. The van der Waals surface area contributed by atoms with E-state index in [0.717, 1.165) is 30.2 Å². The lowest BCUT2D eigenvalue weighted by Crippen LogP contribution is -2.53. The average molecular weight is 490 g/mol. The monoisotopic (exact) mass is 488 g/mol. The number of ether oxygens (including phenoxy) is 1. The maximum absolute atomic E-state index is 12.6. The van der Waals surface area contributed by atoms with Gasteiger partial charge >= 0.3 is 0 Å². The van der Waals surface area contributed by atoms with E-state index in [1.165, 1.54) is 18.5 Å². The Morgan fingerprint density at radius 2 is 1.88 bits per heavy atom. The molecule has 3 heterocycles. The number of hydrogen-bond donors (Lipinski definition) is 1. The molecule has 0 atom stereocenters. The van der Waals surface area contributed by atoms with E-state index in [4.69, 9.17) is 39.5 Å². The molecular weight excluding hydrogens is 471 g/mol. The third-order valence-electron chi connectivity index (χ3n) is 4.80. The molecule has 1 aromatic carbocycles. The molecular formula is C23H19Cl3N4O2. The Labute approximate surface area is 200 Å². The predicted octanol–water partition coefficient (Wildman–Crippen LogP) is 5.47. The van der Waals surface area contributed by atoms with Crippen LogP contribution >= 0.6 is 34.8 Å². The van der Waals surface area contributed by atoms with Crippen LogP contribution in [0.3, 0.4) is 0 Å². The first-order valence-corrected chi connectivity index (χ1v) is 11.0. The van der Waals surface area contributed by atoms with Crippen LogP contribution < -0.4 is 10.1 Å². The summed E-state index contributed by atoms with van der Waals surface area (Å²) in [5, 5.41) is 4.13. The van der Waals surface area contributed by atoms with Crippen molar-refractivity contribution in [2.75, 3.05) is 25.0 Å². The molecule has 1 amide bonds. The molecule has 4 rings (SSSR count). The van der Waals surface area contributed by atoms with Crippen LogP contribution in [0.4, 0.5) is 5.69 Å². The minimum Gasteiger partial charge on any atom is -0.470 e. The maximum atomic E-state index is 12.6. The Morgan fingerprint density at radius 1 is 1.09 bits per heavy atom. The minimum atomic E-state index is -0.356. The Balaban J connectivity index is 1.32. The molecule has 0 bridgehead atoms. The van der Waals surface area contributed by atoms with Crippen molar-refractivity contribution in [2.45, 2.75) is 6.10 Å². The van der Waals surface area contributed by atoms with Gasteiger partial charge in [0.05, 0.1) is 5.02 Å². The molecule has 0 unspecified atom stereocenters. The zero-order valence-corrected chi connectivity index (χ0v) is 19.1. The van der Waals surface area contributed by atoms with Gasteiger partial charge in [0.15, 0.2) is 0 Å². The lowest BCUT2D eigenvalue weighted by atomic mass is 10.1. The molecule has 0 aliphatic carbocycles. The fourth-order valence-corrected chi connectivity index (χ4v) is 3.62. The summed E-state index contributed by atoms with van der Waals surface area (Å²) in [7, 11) is 0. The van der Waals surface area contributed by atoms with Gasteiger partial charge in [-0.05, 0) is 35.9 Å². The summed E-state index contributed by atoms with van der Waals surface area (Å²) >= 11 is 17.8. The second kappa shape index (κ2) is 10.3. The van der Waals surface area contributed by atoms with Gasteiger partial charge < -0.3 is 10.1 Å². The van der Waals surface area contributed by atoms with Gasteiger partial charge in [0.1, 0.15) is 16.9 Å². The summed E-state index contributed by atoms with van der Waals surface area (Å²) in [5.74, 6) is -0.0324. The number of nitrogens with one attached hydrogen (secondary N) is 1. The standard InChI is InChI=1S/C23H19Cl3N4O2/c24-17-5-3-15(4-6-17)2-1-9-30-13-19(14-30)32-23-20(11-18(25)12-28-23)29-22(31)16-7-8-27-21(26)10-16/h1-8,10-12,19H,9,13-14H2,(H,29,31)/b2-1+. The highest BCUT2D eigenvalue weighted by Crippen LogP contribution is 2.28. The molecule has 1 aliphatic rings. The molecule has 3 aromatic rings. The number of anilines is 1. The second-order valence-corrected chi connectivity index (χ2v) is 8.50. The summed E-state index contributed by atoms with van der Waals surface area (Å²) in [6, 6.07) is 12.3. The van der Waals surface area contributed by atoms with Gasteiger partial charge in [-0.25, -0.2) is 9.97 Å². The summed E-state index contributed by atoms with van der Waals surface area (Å²) < 4.78 is 6.00. The summed E-state index contributed by atoms with van der Waals surface area (Å²) in [5.41, 5.74) is 1.87. The first kappa shape index (κ1) is 22.6. The van der Waals surface area contributed by atoms with Gasteiger partial charge in [-0.2, -0.15) is 0 Å². The van der Waals surface area contributed by atoms with Crippen molar-refractivity contribution in [3.8, 4) is 5.88 Å². The Hall–Kier alpha value is -2.64. The van der Waals surface area contributed by atoms with E-state index < -0.39 is 0 Å². The van der Waals surface area contributed by atoms with Crippen molar-refractivity contribution in [1.29, 1.82) is 0 Å². The van der Waals surface area contributed by atoms with Crippen LogP contribution in [0.2, 0.25) is 15.2 Å². The van der Waals surface area contributed by atoms with Crippen LogP contribution in [0.1, 0.15) is 15.9 Å². The van der Waals surface area contributed by atoms with Crippen molar-refractivity contribution in [3.63, 3.8) is 0 Å². The Kier molecular flexibility index (Phi) is 7.27. The predicted molar refractivity (Wildman–Crippen MR) is 128 cm³/mol. The molecule has 0 radical (unpaired) electrons. The van der Waals surface area contributed by atoms with Gasteiger partial charge in [0.2, 0.25) is 5.88 Å². The molecule has 2 aromatic heterocycles. The molecule has 1 fully saturated rings. The number of pyridine rings is 2. The number of carbonyl (C=O) groups excluding carboxylic acids is 1. The molecule has 0 spiro atoms. The van der Waals surface area contributed by atoms with Crippen LogP contribution in [0.5, 0.6) is 5.88 Å². The van der Waals surface area contributed by atoms with E-state index in [1.807, 2.05) is 24.3 Å². The molecule has 6 nitrogen and oxygen atoms in total. The van der Waals surface area contributed by atoms with E-state index in [2.05, 4.69) is 32.3 Å². The van der Waals surface area contributed by atoms with Crippen LogP contribution in [0, 0.1) is 0 Å². The normalized spacial score (nSPS) is 14.3. The molecule has 164 valence electrons. The molecule has 1 saturated heterocycles. The summed E-state index contributed by atoms with van der Waals surface area (Å²) in [6.45, 7) is 2.31. The largest absolute Gasteiger partial charge is 0.470 e. The van der Waals surface area contributed by atoms with E-state index in [1.54, 1.807) is 12.1 Å². The van der Waals surface area contributed by atoms with Crippen molar-refractivity contribution in [3.05, 3.63) is 87.3 Å². The van der Waals surface area contributed by atoms with Gasteiger partial charge in [0, 0.05) is 42.6 Å². The highest BCUT2D eigenvalue weighted by molar-refractivity contribution is 6.31. The highest BCUT2D eigenvalue weighted by Gasteiger charge is 2.28. The highest BCUT2D eigenvalue weighted by atomic mass is 35.5. The number of halogens is 3. The average Bonchev–Trinajstić information content (AvgIpc) is 2.74. The van der Waals surface area contributed by atoms with E-state index in [9.17, 15) is 4.79 Å². The second-order valence-electron chi connectivity index (χ2n) is 7.24. The quantitative estimate of drug-likeness (QED) is 0.446. The van der Waals surface area contributed by atoms with Crippen molar-refractivity contribution >= 4 is 52.5 Å². The minimum absolute atomic E-state index is 0.0290. The summed E-state index contributed by atoms with van der Waals surface area (Å²) in [6.07, 6.45) is 7.09. The number of rotatable bonds is 7. The number of likely N-dealkylation sites (tertiary alicyclic amines) is 1. The number of benzene rings is 1. The number of nitrogens with zero attached hydrogens (tertiary/aromatic N) is 3. The SMILES string of the molecule is O=C(Nc1cc(Cl)cnc1OC1CN(C/C=C/c2ccc(Cl)cc2)C1)c1ccnc(Cl)c1. The smallest absolute Gasteiger partial charge is 0.255 e. The molecule has 1 N–H and O–H groups in total. The van der Waals surface area contributed by atoms with Gasteiger partial charge in [-0.3, -0.25) is 9.69 Å². The first-order chi connectivity index (χ1) is 15.5. The van der Waals surface area contributed by atoms with Crippen molar-refractivity contribution < 1.29 is 9.53 Å². The Bertz CT molecular complexity index is 1130. The van der Waals surface area contributed by atoms with Crippen LogP contribution in [-0.4, -0.2) is 46.5 Å². The lowest BCUT2D eigenvalue weighted by Gasteiger charge is -2.38. The number of amides is 1. The van der Waals surface area contributed by atoms with E-state index in [-0.39, 0.29) is 17.2 Å². The van der Waals surface area contributed by atoms with E-state index >= 15 is 0 Å². The molecule has 9 heteroatoms. The van der Waals surface area contributed by atoms with Crippen molar-refractivity contribution in [2.24, 2.45) is 0 Å². The van der Waals surface area contributed by atoms with Crippen LogP contribution in [0.15, 0.2) is 60.9 Å². The van der Waals surface area contributed by atoms with Gasteiger partial charge in [0.25, 0.3) is 5.91 Å². The lowest BCUT2D eigenvalue weighted by molar-refractivity contribution is 0.0258. The fraction of sp³-hybridized carbons (Fsp3) is 0.174. The maximum Gasteiger partial charge on any atom is 0.255 e. The third kappa shape index (κ3) is 5.99. The Morgan fingerprint density at radius 3 is 2.62 bits per heavy atom. The summed E-state index contributed by atoms with van der Waals surface area (Å²) in [4.78, 5) is 22.9. The first-order valence-electron chi connectivity index (χ1n) is 9.86. The van der Waals surface area contributed by atoms with Crippen molar-refractivity contribution in [1.82, 2.24) is 14.9 Å². The zero-order chi connectivity index (χ0) is 22.5. The number of hydrogen-bond acceptors (Lipinski definition) is 5. The van der Waals surface area contributed by atoms with Crippen LogP contribution in [0.25, 0.3) is 6.08 Å². The topological polar surface area (TPSA) is 67.3 Å². The van der Waals surface area contributed by atoms with Gasteiger partial charge in [-0.15, -0.1) is 0 Å².